The van der Waals surface area contributed by atoms with Gasteiger partial charge in [0.05, 0.1) is 4.90 Å². The molecule has 4 nitrogen and oxygen atoms in total. The van der Waals surface area contributed by atoms with Crippen LogP contribution < -0.4 is 5.73 Å². The Morgan fingerprint density at radius 2 is 1.78 bits per heavy atom. The predicted octanol–water partition coefficient (Wildman–Crippen LogP) is 1.71. The summed E-state index contributed by atoms with van der Waals surface area (Å²) in [5.74, 6) is 0. The summed E-state index contributed by atoms with van der Waals surface area (Å²) in [6.07, 6.45) is 4.18. The van der Waals surface area contributed by atoms with Crippen LogP contribution in [-0.4, -0.2) is 25.8 Å². The average Bonchev–Trinajstić information content (AvgIpc) is 2.91. The zero-order valence-corrected chi connectivity index (χ0v) is 11.5. The first-order chi connectivity index (χ1) is 8.55. The van der Waals surface area contributed by atoms with Crippen LogP contribution in [0.25, 0.3) is 0 Å². The molecule has 0 amide bonds. The van der Waals surface area contributed by atoms with Crippen LogP contribution in [0.2, 0.25) is 0 Å². The van der Waals surface area contributed by atoms with Gasteiger partial charge in [0.15, 0.2) is 0 Å². The first kappa shape index (κ1) is 13.5. The number of nitrogens with zero attached hydrogens (tertiary/aromatic N) is 1. The minimum absolute atomic E-state index is 0.157. The maximum Gasteiger partial charge on any atom is 0.243 e. The van der Waals surface area contributed by atoms with Crippen LogP contribution in [0, 0.1) is 0 Å². The van der Waals surface area contributed by atoms with Crippen molar-refractivity contribution in [2.24, 2.45) is 5.73 Å². The van der Waals surface area contributed by atoms with Crippen LogP contribution in [0.4, 0.5) is 0 Å². The van der Waals surface area contributed by atoms with Crippen LogP contribution in [0.5, 0.6) is 0 Å². The van der Waals surface area contributed by atoms with Crippen molar-refractivity contribution in [1.82, 2.24) is 4.31 Å². The van der Waals surface area contributed by atoms with Crippen molar-refractivity contribution in [3.05, 3.63) is 29.8 Å². The molecule has 1 aliphatic carbocycles. The second-order valence-corrected chi connectivity index (χ2v) is 6.81. The molecular formula is C13H20N2O2S. The minimum atomic E-state index is -3.35. The number of rotatable bonds is 4. The predicted molar refractivity (Wildman–Crippen MR) is 71.5 cm³/mol. The lowest BCUT2D eigenvalue weighted by Gasteiger charge is -2.23. The second-order valence-electron chi connectivity index (χ2n) is 4.81. The molecule has 0 saturated heterocycles. The third-order valence-electron chi connectivity index (χ3n) is 3.67. The molecule has 1 fully saturated rings. The molecule has 1 saturated carbocycles. The number of hydrogen-bond acceptors (Lipinski definition) is 3. The molecular weight excluding hydrogens is 248 g/mol. The van der Waals surface area contributed by atoms with Crippen molar-refractivity contribution in [3.63, 3.8) is 0 Å². The lowest BCUT2D eigenvalue weighted by molar-refractivity contribution is 0.373. The molecule has 0 spiro atoms. The van der Waals surface area contributed by atoms with Gasteiger partial charge in [-0.1, -0.05) is 25.0 Å². The maximum absolute atomic E-state index is 12.4. The van der Waals surface area contributed by atoms with E-state index in [1.54, 1.807) is 31.3 Å². The van der Waals surface area contributed by atoms with E-state index in [4.69, 9.17) is 5.73 Å². The van der Waals surface area contributed by atoms with E-state index in [2.05, 4.69) is 0 Å². The van der Waals surface area contributed by atoms with Crippen LogP contribution in [0.3, 0.4) is 0 Å². The third-order valence-corrected chi connectivity index (χ3v) is 5.60. The molecule has 18 heavy (non-hydrogen) atoms. The summed E-state index contributed by atoms with van der Waals surface area (Å²) in [6.45, 7) is 0.429. The topological polar surface area (TPSA) is 63.4 Å². The molecule has 0 radical (unpaired) electrons. The zero-order chi connectivity index (χ0) is 13.2. The van der Waals surface area contributed by atoms with E-state index in [-0.39, 0.29) is 6.04 Å². The summed E-state index contributed by atoms with van der Waals surface area (Å²) < 4.78 is 26.4. The number of nitrogens with two attached hydrogens (primary N) is 1. The Hall–Kier alpha value is -0.910. The van der Waals surface area contributed by atoms with Gasteiger partial charge >= 0.3 is 0 Å². The quantitative estimate of drug-likeness (QED) is 0.904. The molecule has 0 bridgehead atoms. The number of sulfonamides is 1. The lowest BCUT2D eigenvalue weighted by atomic mass is 10.2. The summed E-state index contributed by atoms with van der Waals surface area (Å²) in [5, 5.41) is 0. The first-order valence-corrected chi connectivity index (χ1v) is 7.77. The monoisotopic (exact) mass is 268 g/mol. The van der Waals surface area contributed by atoms with Crippen LogP contribution in [-0.2, 0) is 16.6 Å². The van der Waals surface area contributed by atoms with Gasteiger partial charge in [-0.05, 0) is 30.5 Å². The van der Waals surface area contributed by atoms with Gasteiger partial charge < -0.3 is 5.73 Å². The van der Waals surface area contributed by atoms with Gasteiger partial charge in [0.1, 0.15) is 0 Å². The fourth-order valence-corrected chi connectivity index (χ4v) is 3.84. The fraction of sp³-hybridized carbons (Fsp3) is 0.538. The summed E-state index contributed by atoms with van der Waals surface area (Å²) in [6, 6.07) is 6.99. The molecule has 0 atom stereocenters. The van der Waals surface area contributed by atoms with Gasteiger partial charge in [0.25, 0.3) is 0 Å². The summed E-state index contributed by atoms with van der Waals surface area (Å²) in [4.78, 5) is 0.356. The van der Waals surface area contributed by atoms with E-state index in [9.17, 15) is 8.42 Å². The Morgan fingerprint density at radius 1 is 1.22 bits per heavy atom. The van der Waals surface area contributed by atoms with Crippen molar-refractivity contribution in [3.8, 4) is 0 Å². The van der Waals surface area contributed by atoms with Crippen molar-refractivity contribution in [1.29, 1.82) is 0 Å². The zero-order valence-electron chi connectivity index (χ0n) is 10.7. The largest absolute Gasteiger partial charge is 0.326 e. The fourth-order valence-electron chi connectivity index (χ4n) is 2.43. The highest BCUT2D eigenvalue weighted by molar-refractivity contribution is 7.89. The van der Waals surface area contributed by atoms with Crippen LogP contribution in [0.15, 0.2) is 29.2 Å². The van der Waals surface area contributed by atoms with Gasteiger partial charge in [0.2, 0.25) is 10.0 Å². The highest BCUT2D eigenvalue weighted by Crippen LogP contribution is 2.27. The molecule has 2 rings (SSSR count). The average molecular weight is 268 g/mol. The SMILES string of the molecule is CN(C1CCCC1)S(=O)(=O)c1ccc(CN)cc1. The molecule has 0 aliphatic heterocycles. The van der Waals surface area contributed by atoms with E-state index >= 15 is 0 Å². The van der Waals surface area contributed by atoms with Crippen LogP contribution >= 0.6 is 0 Å². The van der Waals surface area contributed by atoms with E-state index in [1.165, 1.54) is 4.31 Å². The number of benzene rings is 1. The smallest absolute Gasteiger partial charge is 0.243 e. The molecule has 1 aliphatic rings. The van der Waals surface area contributed by atoms with Gasteiger partial charge in [-0.25, -0.2) is 8.42 Å². The van der Waals surface area contributed by atoms with Gasteiger partial charge in [-0.2, -0.15) is 4.31 Å². The normalized spacial score (nSPS) is 17.5. The van der Waals surface area contributed by atoms with Gasteiger partial charge in [-0.15, -0.1) is 0 Å². The molecule has 0 heterocycles. The summed E-state index contributed by atoms with van der Waals surface area (Å²) in [5.41, 5.74) is 6.45. The molecule has 5 heteroatoms. The molecule has 1 aromatic rings. The van der Waals surface area contributed by atoms with E-state index in [0.717, 1.165) is 31.2 Å². The Morgan fingerprint density at radius 3 is 2.28 bits per heavy atom. The summed E-state index contributed by atoms with van der Waals surface area (Å²) >= 11 is 0. The Balaban J connectivity index is 2.23. The number of hydrogen-bond donors (Lipinski definition) is 1. The molecule has 2 N–H and O–H groups in total. The molecule has 0 aromatic heterocycles. The highest BCUT2D eigenvalue weighted by atomic mass is 32.2. The van der Waals surface area contributed by atoms with Crippen molar-refractivity contribution in [2.75, 3.05) is 7.05 Å². The van der Waals surface area contributed by atoms with Gasteiger partial charge in [-0.3, -0.25) is 0 Å². The molecule has 100 valence electrons. The first-order valence-electron chi connectivity index (χ1n) is 6.33. The third kappa shape index (κ3) is 2.58. The minimum Gasteiger partial charge on any atom is -0.326 e. The van der Waals surface area contributed by atoms with E-state index < -0.39 is 10.0 Å². The van der Waals surface area contributed by atoms with Crippen molar-refractivity contribution >= 4 is 10.0 Å². The Kier molecular flexibility index (Phi) is 4.04. The second kappa shape index (κ2) is 5.38. The van der Waals surface area contributed by atoms with E-state index in [0.29, 0.717) is 11.4 Å². The highest BCUT2D eigenvalue weighted by Gasteiger charge is 2.29. The standard InChI is InChI=1S/C13H20N2O2S/c1-15(12-4-2-3-5-12)18(16,17)13-8-6-11(10-14)7-9-13/h6-9,12H,2-5,10,14H2,1H3. The van der Waals surface area contributed by atoms with E-state index in [1.807, 2.05) is 0 Å². The molecule has 0 unspecified atom stereocenters. The molecule has 1 aromatic carbocycles. The van der Waals surface area contributed by atoms with Crippen LogP contribution in [0.1, 0.15) is 31.2 Å². The Bertz CT molecular complexity index is 490. The maximum atomic E-state index is 12.4. The lowest BCUT2D eigenvalue weighted by Crippen LogP contribution is -2.35. The Labute approximate surface area is 109 Å². The van der Waals surface area contributed by atoms with Crippen molar-refractivity contribution in [2.45, 2.75) is 43.2 Å². The van der Waals surface area contributed by atoms with Crippen molar-refractivity contribution < 1.29 is 8.42 Å². The summed E-state index contributed by atoms with van der Waals surface area (Å²) in [7, 11) is -1.67. The van der Waals surface area contributed by atoms with Gasteiger partial charge in [0, 0.05) is 19.6 Å².